The molecule has 0 radical (unpaired) electrons. The molecule has 1 saturated heterocycles. The molecule has 6 nitrogen and oxygen atoms in total. The van der Waals surface area contributed by atoms with Gasteiger partial charge < -0.3 is 19.5 Å². The van der Waals surface area contributed by atoms with E-state index in [4.69, 9.17) is 9.47 Å². The molecule has 1 N–H and O–H groups in total. The minimum Gasteiger partial charge on any atom is -0.507 e. The number of benzene rings is 2. The van der Waals surface area contributed by atoms with Crippen molar-refractivity contribution in [3.63, 3.8) is 0 Å². The number of hydrogen-bond donors (Lipinski definition) is 1. The average molecular weight is 438 g/mol. The van der Waals surface area contributed by atoms with Crippen molar-refractivity contribution in [2.45, 2.75) is 46.1 Å². The number of Topliss-reactive ketones (excluding diaryl/α,β-unsaturated/α-hetero) is 1. The third-order valence-corrected chi connectivity index (χ3v) is 5.63. The van der Waals surface area contributed by atoms with Crippen LogP contribution in [0, 0.1) is 6.92 Å². The standard InChI is InChI=1S/C26H31NO5/c1-5-7-14-27-23(18-8-11-20(12-9-18)32-15-6-2)22(25(29)26(27)30)24(28)19-10-13-21(31-4)17(3)16-19/h8-13,16,23,28H,5-7,14-15H2,1-4H3/b24-22-. The lowest BCUT2D eigenvalue weighted by molar-refractivity contribution is -0.139. The number of ether oxygens (including phenoxy) is 2. The van der Waals surface area contributed by atoms with Crippen LogP contribution in [-0.2, 0) is 9.59 Å². The summed E-state index contributed by atoms with van der Waals surface area (Å²) in [4.78, 5) is 27.5. The molecule has 2 aromatic rings. The van der Waals surface area contributed by atoms with Gasteiger partial charge in [-0.2, -0.15) is 0 Å². The molecule has 1 amide bonds. The second-order valence-corrected chi connectivity index (χ2v) is 7.95. The zero-order valence-corrected chi connectivity index (χ0v) is 19.2. The lowest BCUT2D eigenvalue weighted by atomic mass is 9.94. The molecule has 1 unspecified atom stereocenters. The Morgan fingerprint density at radius 3 is 2.38 bits per heavy atom. The number of carbonyl (C=O) groups is 2. The van der Waals surface area contributed by atoms with Crippen LogP contribution in [0.25, 0.3) is 5.76 Å². The number of carbonyl (C=O) groups excluding carboxylic acids is 2. The van der Waals surface area contributed by atoms with Crippen LogP contribution in [0.4, 0.5) is 0 Å². The van der Waals surface area contributed by atoms with E-state index in [1.165, 1.54) is 0 Å². The summed E-state index contributed by atoms with van der Waals surface area (Å²) in [5.74, 6) is -0.00890. The predicted molar refractivity (Wildman–Crippen MR) is 124 cm³/mol. The quantitative estimate of drug-likeness (QED) is 0.339. The fourth-order valence-electron chi connectivity index (χ4n) is 3.93. The maximum Gasteiger partial charge on any atom is 0.295 e. The lowest BCUT2D eigenvalue weighted by Crippen LogP contribution is -2.30. The van der Waals surface area contributed by atoms with Crippen LogP contribution < -0.4 is 9.47 Å². The summed E-state index contributed by atoms with van der Waals surface area (Å²) in [5, 5.41) is 11.2. The Balaban J connectivity index is 2.09. The van der Waals surface area contributed by atoms with E-state index in [0.29, 0.717) is 24.5 Å². The lowest BCUT2D eigenvalue weighted by Gasteiger charge is -2.25. The first kappa shape index (κ1) is 23.4. The maximum absolute atomic E-state index is 13.0. The van der Waals surface area contributed by atoms with Gasteiger partial charge in [-0.05, 0) is 61.2 Å². The van der Waals surface area contributed by atoms with Gasteiger partial charge in [0.2, 0.25) is 0 Å². The van der Waals surface area contributed by atoms with Crippen LogP contribution in [0.1, 0.15) is 55.8 Å². The molecule has 1 fully saturated rings. The Kier molecular flexibility index (Phi) is 7.57. The van der Waals surface area contributed by atoms with Crippen molar-refractivity contribution in [1.29, 1.82) is 0 Å². The SMILES string of the molecule is CCCCN1C(=O)C(=O)/C(=C(\O)c2ccc(OC)c(C)c2)C1c1ccc(OCCC)cc1. The summed E-state index contributed by atoms with van der Waals surface area (Å²) in [5.41, 5.74) is 2.17. The number of rotatable bonds is 9. The molecule has 1 atom stereocenters. The monoisotopic (exact) mass is 437 g/mol. The van der Waals surface area contributed by atoms with Crippen molar-refractivity contribution in [1.82, 2.24) is 4.90 Å². The molecule has 2 aromatic carbocycles. The molecule has 1 aliphatic rings. The summed E-state index contributed by atoms with van der Waals surface area (Å²) >= 11 is 0. The zero-order valence-electron chi connectivity index (χ0n) is 19.2. The third kappa shape index (κ3) is 4.64. The molecule has 32 heavy (non-hydrogen) atoms. The van der Waals surface area contributed by atoms with E-state index in [-0.39, 0.29) is 11.3 Å². The van der Waals surface area contributed by atoms with Crippen LogP contribution in [0.2, 0.25) is 0 Å². The molecular weight excluding hydrogens is 406 g/mol. The largest absolute Gasteiger partial charge is 0.507 e. The summed E-state index contributed by atoms with van der Waals surface area (Å²) in [6.07, 6.45) is 2.56. The van der Waals surface area contributed by atoms with Crippen molar-refractivity contribution < 1.29 is 24.2 Å². The molecule has 0 aliphatic carbocycles. The molecule has 170 valence electrons. The minimum atomic E-state index is -0.664. The van der Waals surface area contributed by atoms with E-state index < -0.39 is 17.7 Å². The first-order chi connectivity index (χ1) is 15.4. The average Bonchev–Trinajstić information content (AvgIpc) is 3.06. The molecule has 0 bridgehead atoms. The highest BCUT2D eigenvalue weighted by molar-refractivity contribution is 6.46. The molecule has 6 heteroatoms. The van der Waals surface area contributed by atoms with Crippen LogP contribution in [0.3, 0.4) is 0 Å². The van der Waals surface area contributed by atoms with Crippen molar-refractivity contribution in [3.05, 3.63) is 64.7 Å². The van der Waals surface area contributed by atoms with Gasteiger partial charge in [-0.25, -0.2) is 0 Å². The number of ketones is 1. The van der Waals surface area contributed by atoms with Gasteiger partial charge in [0.15, 0.2) is 0 Å². The van der Waals surface area contributed by atoms with Crippen LogP contribution >= 0.6 is 0 Å². The van der Waals surface area contributed by atoms with Crippen LogP contribution in [0.15, 0.2) is 48.0 Å². The molecule has 0 aromatic heterocycles. The number of nitrogens with zero attached hydrogens (tertiary/aromatic N) is 1. The van der Waals surface area contributed by atoms with E-state index in [0.717, 1.165) is 36.1 Å². The highest BCUT2D eigenvalue weighted by atomic mass is 16.5. The summed E-state index contributed by atoms with van der Waals surface area (Å²) in [6, 6.07) is 11.9. The Bertz CT molecular complexity index is 1010. The van der Waals surface area contributed by atoms with Crippen molar-refractivity contribution in [2.75, 3.05) is 20.3 Å². The number of hydrogen-bond acceptors (Lipinski definition) is 5. The van der Waals surface area contributed by atoms with E-state index in [9.17, 15) is 14.7 Å². The summed E-state index contributed by atoms with van der Waals surface area (Å²) < 4.78 is 11.0. The highest BCUT2D eigenvalue weighted by Gasteiger charge is 2.45. The molecule has 3 rings (SSSR count). The van der Waals surface area contributed by atoms with Crippen molar-refractivity contribution in [2.24, 2.45) is 0 Å². The number of amides is 1. The van der Waals surface area contributed by atoms with Gasteiger partial charge in [0, 0.05) is 12.1 Å². The Hall–Kier alpha value is -3.28. The second-order valence-electron chi connectivity index (χ2n) is 7.95. The van der Waals surface area contributed by atoms with E-state index in [1.807, 2.05) is 45.0 Å². The van der Waals surface area contributed by atoms with Gasteiger partial charge in [0.25, 0.3) is 11.7 Å². The van der Waals surface area contributed by atoms with Gasteiger partial charge in [-0.15, -0.1) is 0 Å². The van der Waals surface area contributed by atoms with Crippen LogP contribution in [0.5, 0.6) is 11.5 Å². The Morgan fingerprint density at radius 1 is 1.06 bits per heavy atom. The number of methoxy groups -OCH3 is 1. The fourth-order valence-corrected chi connectivity index (χ4v) is 3.93. The normalized spacial score (nSPS) is 17.6. The summed E-state index contributed by atoms with van der Waals surface area (Å²) in [7, 11) is 1.58. The topological polar surface area (TPSA) is 76.1 Å². The van der Waals surface area contributed by atoms with Crippen molar-refractivity contribution in [3.8, 4) is 11.5 Å². The van der Waals surface area contributed by atoms with E-state index in [1.54, 1.807) is 30.2 Å². The Morgan fingerprint density at radius 2 is 1.78 bits per heavy atom. The summed E-state index contributed by atoms with van der Waals surface area (Å²) in [6.45, 7) is 6.99. The second kappa shape index (κ2) is 10.4. The number of likely N-dealkylation sites (tertiary alicyclic amines) is 1. The van der Waals surface area contributed by atoms with Gasteiger partial charge in [0.1, 0.15) is 17.3 Å². The zero-order chi connectivity index (χ0) is 23.3. The van der Waals surface area contributed by atoms with Gasteiger partial charge in [-0.1, -0.05) is 32.4 Å². The van der Waals surface area contributed by atoms with Crippen molar-refractivity contribution >= 4 is 17.4 Å². The third-order valence-electron chi connectivity index (χ3n) is 5.63. The number of aliphatic hydroxyl groups excluding tert-OH is 1. The fraction of sp³-hybridized carbons (Fsp3) is 0.385. The van der Waals surface area contributed by atoms with Crippen LogP contribution in [-0.4, -0.2) is 42.0 Å². The molecule has 1 heterocycles. The maximum atomic E-state index is 13.0. The molecular formula is C26H31NO5. The minimum absolute atomic E-state index is 0.109. The van der Waals surface area contributed by atoms with Gasteiger partial charge >= 0.3 is 0 Å². The smallest absolute Gasteiger partial charge is 0.295 e. The Labute approximate surface area is 189 Å². The highest BCUT2D eigenvalue weighted by Crippen LogP contribution is 2.40. The molecule has 0 saturated carbocycles. The first-order valence-corrected chi connectivity index (χ1v) is 11.1. The first-order valence-electron chi connectivity index (χ1n) is 11.1. The number of unbranched alkanes of at least 4 members (excludes halogenated alkanes) is 1. The van der Waals surface area contributed by atoms with Gasteiger partial charge in [-0.3, -0.25) is 9.59 Å². The predicted octanol–water partition coefficient (Wildman–Crippen LogP) is 5.01. The van der Waals surface area contributed by atoms with Gasteiger partial charge in [0.05, 0.1) is 25.3 Å². The van der Waals surface area contributed by atoms with E-state index >= 15 is 0 Å². The number of aryl methyl sites for hydroxylation is 1. The van der Waals surface area contributed by atoms with E-state index in [2.05, 4.69) is 0 Å². The molecule has 0 spiro atoms. The number of aliphatic hydroxyl groups is 1. The molecule has 1 aliphatic heterocycles.